The van der Waals surface area contributed by atoms with Crippen LogP contribution in [-0.2, 0) is 4.74 Å². The number of hydrogen-bond acceptors (Lipinski definition) is 5. The summed E-state index contributed by atoms with van der Waals surface area (Å²) in [7, 11) is 0. The average Bonchev–Trinajstić information content (AvgIpc) is 3.11. The highest BCUT2D eigenvalue weighted by Crippen LogP contribution is 2.50. The first-order valence-corrected chi connectivity index (χ1v) is 8.45. The highest BCUT2D eigenvalue weighted by Gasteiger charge is 2.43. The summed E-state index contributed by atoms with van der Waals surface area (Å²) in [6, 6.07) is 14.6. The molecule has 3 heterocycles. The van der Waals surface area contributed by atoms with E-state index in [1.807, 2.05) is 36.4 Å². The molecule has 0 bridgehead atoms. The minimum Gasteiger partial charge on any atom is -0.508 e. The number of phenols is 1. The maximum atomic E-state index is 12.6. The molecule has 1 fully saturated rings. The lowest BCUT2D eigenvalue weighted by Gasteiger charge is -2.36. The number of hydrogen-bond donors (Lipinski definition) is 2. The first kappa shape index (κ1) is 14.5. The van der Waals surface area contributed by atoms with Gasteiger partial charge in [-0.25, -0.2) is 4.79 Å². The number of ether oxygens (including phenoxy) is 1. The lowest BCUT2D eigenvalue weighted by molar-refractivity contribution is 0.0836. The van der Waals surface area contributed by atoms with E-state index in [-0.39, 0.29) is 29.4 Å². The molecule has 2 aliphatic heterocycles. The third-order valence-electron chi connectivity index (χ3n) is 5.26. The molecule has 1 saturated heterocycles. The van der Waals surface area contributed by atoms with E-state index in [9.17, 15) is 9.90 Å². The van der Waals surface area contributed by atoms with E-state index in [2.05, 4.69) is 5.32 Å². The molecule has 0 radical (unpaired) electrons. The molecule has 2 N–H and O–H groups in total. The normalized spacial score (nSPS) is 24.6. The molecule has 5 nitrogen and oxygen atoms in total. The number of anilines is 1. The summed E-state index contributed by atoms with van der Waals surface area (Å²) < 4.78 is 11.6. The van der Waals surface area contributed by atoms with E-state index >= 15 is 0 Å². The molecule has 0 saturated carbocycles. The summed E-state index contributed by atoms with van der Waals surface area (Å²) in [6.45, 7) is 0.666. The zero-order valence-corrected chi connectivity index (χ0v) is 13.4. The molecule has 1 unspecified atom stereocenters. The van der Waals surface area contributed by atoms with E-state index in [1.54, 1.807) is 12.1 Å². The highest BCUT2D eigenvalue weighted by molar-refractivity contribution is 5.86. The zero-order chi connectivity index (χ0) is 17.0. The maximum Gasteiger partial charge on any atom is 0.360 e. The van der Waals surface area contributed by atoms with E-state index in [0.717, 1.165) is 22.9 Å². The molecule has 3 aromatic rings. The first-order chi connectivity index (χ1) is 12.2. The van der Waals surface area contributed by atoms with Crippen molar-refractivity contribution >= 4 is 16.7 Å². The highest BCUT2D eigenvalue weighted by atomic mass is 16.5. The molecule has 5 rings (SSSR count). The molecule has 0 spiro atoms. The molecule has 3 atom stereocenters. The second-order valence-corrected chi connectivity index (χ2v) is 6.63. The van der Waals surface area contributed by atoms with Gasteiger partial charge in [0.05, 0.1) is 12.1 Å². The Kier molecular flexibility index (Phi) is 3.12. The molecule has 5 heteroatoms. The van der Waals surface area contributed by atoms with Crippen LogP contribution < -0.4 is 10.9 Å². The van der Waals surface area contributed by atoms with Crippen molar-refractivity contribution in [2.75, 3.05) is 11.9 Å². The zero-order valence-electron chi connectivity index (χ0n) is 13.4. The van der Waals surface area contributed by atoms with Crippen LogP contribution in [0.2, 0.25) is 0 Å². The Balaban J connectivity index is 1.72. The molecule has 126 valence electrons. The summed E-state index contributed by atoms with van der Waals surface area (Å²) in [5.41, 5.74) is 2.64. The van der Waals surface area contributed by atoms with Gasteiger partial charge in [0, 0.05) is 23.5 Å². The van der Waals surface area contributed by atoms with Crippen molar-refractivity contribution in [2.45, 2.75) is 18.6 Å². The second kappa shape index (κ2) is 5.36. The van der Waals surface area contributed by atoms with Crippen molar-refractivity contribution in [1.82, 2.24) is 0 Å². The second-order valence-electron chi connectivity index (χ2n) is 6.63. The lowest BCUT2D eigenvalue weighted by Crippen LogP contribution is -2.32. The Bertz CT molecular complexity index is 1010. The summed E-state index contributed by atoms with van der Waals surface area (Å²) >= 11 is 0. The van der Waals surface area contributed by atoms with Crippen molar-refractivity contribution in [3.05, 3.63) is 70.1 Å². The molecule has 0 amide bonds. The Morgan fingerprint density at radius 2 is 1.88 bits per heavy atom. The van der Waals surface area contributed by atoms with Gasteiger partial charge in [-0.15, -0.1) is 0 Å². The van der Waals surface area contributed by atoms with Gasteiger partial charge in [0.2, 0.25) is 0 Å². The van der Waals surface area contributed by atoms with Gasteiger partial charge in [0.15, 0.2) is 0 Å². The number of rotatable bonds is 1. The molecule has 25 heavy (non-hydrogen) atoms. The van der Waals surface area contributed by atoms with Crippen LogP contribution in [0.1, 0.15) is 29.7 Å². The number of para-hydroxylation sites is 1. The molecule has 2 aromatic carbocycles. The fourth-order valence-electron chi connectivity index (χ4n) is 4.13. The van der Waals surface area contributed by atoms with Crippen LogP contribution in [0.25, 0.3) is 11.0 Å². The number of fused-ring (bicyclic) bond motifs is 5. The van der Waals surface area contributed by atoms with Gasteiger partial charge in [-0.2, -0.15) is 0 Å². The van der Waals surface area contributed by atoms with Crippen molar-refractivity contribution in [3.8, 4) is 5.75 Å². The summed E-state index contributed by atoms with van der Waals surface area (Å²) in [5.74, 6) is 0.451. The van der Waals surface area contributed by atoms with Crippen LogP contribution in [-0.4, -0.2) is 11.7 Å². The minimum absolute atomic E-state index is 0.0512. The SMILES string of the molecule is O=c1oc2ccccc2c2c1NC(c1ccc(O)cc1)[C@@H]1CCO[C@H]21. The third kappa shape index (κ3) is 2.16. The third-order valence-corrected chi connectivity index (χ3v) is 5.26. The predicted octanol–water partition coefficient (Wildman–Crippen LogP) is 3.74. The standard InChI is InChI=1S/C20H17NO4/c22-12-7-5-11(6-8-12)17-14-9-10-24-19(14)16-13-3-1-2-4-15(13)25-20(23)18(16)21-17/h1-8,14,17,19,21-22H,9-10H2/t14-,17?,19-/m0/s1. The number of aromatic hydroxyl groups is 1. The number of phenolic OH excluding ortho intramolecular Hbond substituents is 1. The monoisotopic (exact) mass is 335 g/mol. The van der Waals surface area contributed by atoms with Crippen LogP contribution in [0.5, 0.6) is 5.75 Å². The quantitative estimate of drug-likeness (QED) is 0.663. The van der Waals surface area contributed by atoms with Crippen molar-refractivity contribution in [1.29, 1.82) is 0 Å². The van der Waals surface area contributed by atoms with Crippen molar-refractivity contribution in [3.63, 3.8) is 0 Å². The Hall–Kier alpha value is -2.79. The fraction of sp³-hybridized carbons (Fsp3) is 0.250. The van der Waals surface area contributed by atoms with E-state index in [4.69, 9.17) is 9.15 Å². The largest absolute Gasteiger partial charge is 0.508 e. The Morgan fingerprint density at radius 3 is 2.72 bits per heavy atom. The van der Waals surface area contributed by atoms with E-state index in [1.165, 1.54) is 0 Å². The fourth-order valence-corrected chi connectivity index (χ4v) is 4.13. The minimum atomic E-state index is -0.369. The van der Waals surface area contributed by atoms with Gasteiger partial charge >= 0.3 is 5.63 Å². The smallest absolute Gasteiger partial charge is 0.360 e. The average molecular weight is 335 g/mol. The van der Waals surface area contributed by atoms with Gasteiger partial charge in [-0.05, 0) is 30.2 Å². The predicted molar refractivity (Wildman–Crippen MR) is 93.8 cm³/mol. The molecule has 0 aliphatic carbocycles. The first-order valence-electron chi connectivity index (χ1n) is 8.45. The van der Waals surface area contributed by atoms with Crippen LogP contribution in [0.4, 0.5) is 5.69 Å². The van der Waals surface area contributed by atoms with Crippen LogP contribution in [0, 0.1) is 5.92 Å². The molecular formula is C20H17NO4. The van der Waals surface area contributed by atoms with E-state index < -0.39 is 0 Å². The Labute approximate surface area is 143 Å². The van der Waals surface area contributed by atoms with Crippen molar-refractivity contribution in [2.24, 2.45) is 5.92 Å². The maximum absolute atomic E-state index is 12.6. The van der Waals surface area contributed by atoms with Crippen LogP contribution >= 0.6 is 0 Å². The van der Waals surface area contributed by atoms with Gasteiger partial charge < -0.3 is 19.6 Å². The summed E-state index contributed by atoms with van der Waals surface area (Å²) in [4.78, 5) is 12.6. The van der Waals surface area contributed by atoms with Crippen LogP contribution in [0.15, 0.2) is 57.7 Å². The summed E-state index contributed by atoms with van der Waals surface area (Å²) in [5, 5.41) is 13.9. The van der Waals surface area contributed by atoms with Gasteiger partial charge in [-0.3, -0.25) is 0 Å². The lowest BCUT2D eigenvalue weighted by atomic mass is 9.80. The molecule has 2 aliphatic rings. The van der Waals surface area contributed by atoms with E-state index in [0.29, 0.717) is 17.9 Å². The van der Waals surface area contributed by atoms with Crippen LogP contribution in [0.3, 0.4) is 0 Å². The van der Waals surface area contributed by atoms with Gasteiger partial charge in [-0.1, -0.05) is 30.3 Å². The molecule has 1 aromatic heterocycles. The number of nitrogens with one attached hydrogen (secondary N) is 1. The van der Waals surface area contributed by atoms with Gasteiger partial charge in [0.25, 0.3) is 0 Å². The molecular weight excluding hydrogens is 318 g/mol. The Morgan fingerprint density at radius 1 is 1.08 bits per heavy atom. The number of benzene rings is 2. The summed E-state index contributed by atoms with van der Waals surface area (Å²) in [6.07, 6.45) is 0.779. The topological polar surface area (TPSA) is 71.7 Å². The van der Waals surface area contributed by atoms with Crippen molar-refractivity contribution < 1.29 is 14.3 Å². The van der Waals surface area contributed by atoms with Gasteiger partial charge in [0.1, 0.15) is 17.0 Å².